The van der Waals surface area contributed by atoms with E-state index in [0.717, 1.165) is 44.9 Å². The van der Waals surface area contributed by atoms with Gasteiger partial charge in [0, 0.05) is 32.1 Å². The zero-order chi connectivity index (χ0) is 23.2. The second kappa shape index (κ2) is 8.52. The van der Waals surface area contributed by atoms with Gasteiger partial charge in [-0.3, -0.25) is 9.59 Å². The molecule has 172 valence electrons. The molecule has 0 spiro atoms. The summed E-state index contributed by atoms with van der Waals surface area (Å²) >= 11 is 0. The van der Waals surface area contributed by atoms with Crippen molar-refractivity contribution in [3.63, 3.8) is 0 Å². The number of anilines is 1. The van der Waals surface area contributed by atoms with E-state index < -0.39 is 5.54 Å². The summed E-state index contributed by atoms with van der Waals surface area (Å²) in [7, 11) is 4.14. The topological polar surface area (TPSA) is 49.4 Å². The van der Waals surface area contributed by atoms with Crippen LogP contribution in [0.3, 0.4) is 0 Å². The van der Waals surface area contributed by atoms with Gasteiger partial charge in [-0.2, -0.15) is 0 Å². The molecule has 33 heavy (non-hydrogen) atoms. The largest absolute Gasteiger partial charge is 0.378 e. The highest BCUT2D eigenvalue weighted by Crippen LogP contribution is 2.61. The van der Waals surface area contributed by atoms with E-state index in [1.54, 1.807) is 5.57 Å². The number of amides is 1. The van der Waals surface area contributed by atoms with Gasteiger partial charge in [0.15, 0.2) is 5.78 Å². The van der Waals surface area contributed by atoms with Crippen molar-refractivity contribution in [2.75, 3.05) is 19.0 Å². The van der Waals surface area contributed by atoms with E-state index in [2.05, 4.69) is 60.4 Å². The van der Waals surface area contributed by atoms with Gasteiger partial charge >= 0.3 is 0 Å². The second-order valence-electron chi connectivity index (χ2n) is 10.4. The Morgan fingerprint density at radius 1 is 1.12 bits per heavy atom. The molecular formula is C29H34N2O2. The maximum Gasteiger partial charge on any atom is 0.208 e. The molecule has 4 aliphatic carbocycles. The first kappa shape index (κ1) is 22.0. The van der Waals surface area contributed by atoms with E-state index >= 15 is 0 Å². The SMILES string of the molecule is CC#C[C@]1(NC=O)CCC2C3CCC4=CC(=O)CCC4=C3[C@@H](c3ccc(N(C)C)cc3)CC21. The zero-order valence-corrected chi connectivity index (χ0v) is 20.0. The summed E-state index contributed by atoms with van der Waals surface area (Å²) in [5, 5.41) is 3.18. The Morgan fingerprint density at radius 2 is 1.91 bits per heavy atom. The maximum atomic E-state index is 12.2. The lowest BCUT2D eigenvalue weighted by molar-refractivity contribution is -0.115. The number of ketones is 1. The van der Waals surface area contributed by atoms with Gasteiger partial charge < -0.3 is 10.2 Å². The number of carbonyl (C=O) groups excluding carboxylic acids is 2. The smallest absolute Gasteiger partial charge is 0.208 e. The first-order valence-corrected chi connectivity index (χ1v) is 12.4. The Morgan fingerprint density at radius 3 is 2.61 bits per heavy atom. The van der Waals surface area contributed by atoms with E-state index in [-0.39, 0.29) is 5.78 Å². The number of allylic oxidation sites excluding steroid dienone is 4. The lowest BCUT2D eigenvalue weighted by Crippen LogP contribution is -2.51. The van der Waals surface area contributed by atoms with Gasteiger partial charge in [0.1, 0.15) is 5.54 Å². The van der Waals surface area contributed by atoms with E-state index in [1.807, 2.05) is 13.0 Å². The quantitative estimate of drug-likeness (QED) is 0.540. The zero-order valence-electron chi connectivity index (χ0n) is 20.0. The highest BCUT2D eigenvalue weighted by Gasteiger charge is 2.55. The van der Waals surface area contributed by atoms with Crippen LogP contribution in [0.5, 0.6) is 0 Å². The minimum Gasteiger partial charge on any atom is -0.378 e. The average molecular weight is 443 g/mol. The molecule has 0 bridgehead atoms. The molecule has 1 N–H and O–H groups in total. The van der Waals surface area contributed by atoms with E-state index in [4.69, 9.17) is 0 Å². The number of carbonyl (C=O) groups is 2. The number of hydrogen-bond acceptors (Lipinski definition) is 3. The summed E-state index contributed by atoms with van der Waals surface area (Å²) in [5.74, 6) is 8.55. The molecule has 2 saturated carbocycles. The molecule has 5 atom stereocenters. The predicted octanol–water partition coefficient (Wildman–Crippen LogP) is 4.77. The number of nitrogens with one attached hydrogen (secondary N) is 1. The molecule has 1 aromatic rings. The van der Waals surface area contributed by atoms with Crippen molar-refractivity contribution in [3.8, 4) is 11.8 Å². The lowest BCUT2D eigenvalue weighted by atomic mass is 9.56. The first-order chi connectivity index (χ1) is 16.0. The minimum absolute atomic E-state index is 0.279. The van der Waals surface area contributed by atoms with Gasteiger partial charge in [-0.15, -0.1) is 5.92 Å². The van der Waals surface area contributed by atoms with Crippen LogP contribution in [-0.4, -0.2) is 31.8 Å². The summed E-state index contributed by atoms with van der Waals surface area (Å²) < 4.78 is 0. The molecule has 3 unspecified atom stereocenters. The molecule has 0 saturated heterocycles. The van der Waals surface area contributed by atoms with Crippen LogP contribution < -0.4 is 10.2 Å². The summed E-state index contributed by atoms with van der Waals surface area (Å²) in [6.45, 7) is 1.88. The Labute approximate surface area is 197 Å². The van der Waals surface area contributed by atoms with E-state index in [9.17, 15) is 9.59 Å². The van der Waals surface area contributed by atoms with E-state index in [0.29, 0.717) is 30.1 Å². The van der Waals surface area contributed by atoms with Crippen molar-refractivity contribution in [2.24, 2.45) is 17.8 Å². The molecule has 1 amide bonds. The molecule has 5 rings (SSSR count). The molecule has 1 aromatic carbocycles. The molecule has 4 nitrogen and oxygen atoms in total. The van der Waals surface area contributed by atoms with E-state index in [1.165, 1.54) is 22.4 Å². The molecule has 0 radical (unpaired) electrons. The molecule has 4 heteroatoms. The fraction of sp³-hybridized carbons (Fsp3) is 0.517. The Balaban J connectivity index is 1.64. The number of benzene rings is 1. The third-order valence-electron chi connectivity index (χ3n) is 8.70. The molecule has 4 aliphatic rings. The lowest BCUT2D eigenvalue weighted by Gasteiger charge is -2.48. The Bertz CT molecular complexity index is 1080. The summed E-state index contributed by atoms with van der Waals surface area (Å²) in [4.78, 5) is 26.0. The third kappa shape index (κ3) is 3.62. The van der Waals surface area contributed by atoms with Crippen molar-refractivity contribution >= 4 is 17.9 Å². The van der Waals surface area contributed by atoms with Crippen LogP contribution in [0.4, 0.5) is 5.69 Å². The van der Waals surface area contributed by atoms with Crippen LogP contribution in [0.2, 0.25) is 0 Å². The standard InChI is InChI=1S/C29H34N2O2/c1-4-14-29(30-18-32)15-13-24-25-11-7-20-16-22(33)10-12-23(20)28(25)26(17-27(24)29)19-5-8-21(9-6-19)31(2)3/h5-6,8-9,16,18,24-27H,7,10-13,15,17H2,1-3H3,(H,30,32)/t24?,25?,26-,27?,29+/m1/s1. The second-order valence-corrected chi connectivity index (χ2v) is 10.4. The van der Waals surface area contributed by atoms with Crippen LogP contribution >= 0.6 is 0 Å². The fourth-order valence-electron chi connectivity index (χ4n) is 7.32. The third-order valence-corrected chi connectivity index (χ3v) is 8.70. The Kier molecular flexibility index (Phi) is 5.69. The average Bonchev–Trinajstić information content (AvgIpc) is 3.16. The van der Waals surface area contributed by atoms with Crippen molar-refractivity contribution < 1.29 is 9.59 Å². The monoisotopic (exact) mass is 442 g/mol. The summed E-state index contributed by atoms with van der Waals surface area (Å²) in [5.41, 5.74) is 6.47. The molecule has 0 aromatic heterocycles. The molecule has 0 heterocycles. The van der Waals surface area contributed by atoms with Crippen LogP contribution in [0, 0.1) is 29.6 Å². The normalized spacial score (nSPS) is 32.6. The van der Waals surface area contributed by atoms with Crippen LogP contribution in [0.1, 0.15) is 63.4 Å². The molecule has 2 fully saturated rings. The van der Waals surface area contributed by atoms with Gasteiger partial charge in [-0.1, -0.05) is 23.6 Å². The van der Waals surface area contributed by atoms with Gasteiger partial charge in [-0.25, -0.2) is 0 Å². The van der Waals surface area contributed by atoms with Crippen molar-refractivity contribution in [2.45, 2.75) is 63.3 Å². The maximum absolute atomic E-state index is 12.2. The molecule has 0 aliphatic heterocycles. The highest BCUT2D eigenvalue weighted by atomic mass is 16.1. The van der Waals surface area contributed by atoms with Gasteiger partial charge in [0.2, 0.25) is 6.41 Å². The number of fused-ring (bicyclic) bond motifs is 4. The first-order valence-electron chi connectivity index (χ1n) is 12.4. The van der Waals surface area contributed by atoms with Crippen molar-refractivity contribution in [1.82, 2.24) is 5.32 Å². The number of rotatable bonds is 4. The van der Waals surface area contributed by atoms with Crippen molar-refractivity contribution in [1.29, 1.82) is 0 Å². The number of nitrogens with zero attached hydrogens (tertiary/aromatic N) is 1. The number of hydrogen-bond donors (Lipinski definition) is 1. The summed E-state index contributed by atoms with van der Waals surface area (Å²) in [6.07, 6.45) is 9.42. The fourth-order valence-corrected chi connectivity index (χ4v) is 7.32. The Hall–Kier alpha value is -2.80. The minimum atomic E-state index is -0.419. The van der Waals surface area contributed by atoms with Crippen molar-refractivity contribution in [3.05, 3.63) is 52.6 Å². The van der Waals surface area contributed by atoms with Gasteiger partial charge in [-0.05, 0) is 98.1 Å². The van der Waals surface area contributed by atoms with Gasteiger partial charge in [0.25, 0.3) is 0 Å². The summed E-state index contributed by atoms with van der Waals surface area (Å²) in [6, 6.07) is 8.99. The molecular weight excluding hydrogens is 408 g/mol. The van der Waals surface area contributed by atoms with Crippen LogP contribution in [0.15, 0.2) is 47.1 Å². The highest BCUT2D eigenvalue weighted by molar-refractivity contribution is 5.93. The van der Waals surface area contributed by atoms with Gasteiger partial charge in [0.05, 0.1) is 0 Å². The predicted molar refractivity (Wildman–Crippen MR) is 132 cm³/mol. The van der Waals surface area contributed by atoms with Crippen LogP contribution in [0.25, 0.3) is 0 Å². The van der Waals surface area contributed by atoms with Crippen LogP contribution in [-0.2, 0) is 9.59 Å².